The molecule has 3 heterocycles. The lowest BCUT2D eigenvalue weighted by atomic mass is 10.0. The van der Waals surface area contributed by atoms with Crippen LogP contribution in [0.2, 0.25) is 0 Å². The van der Waals surface area contributed by atoms with Crippen LogP contribution < -0.4 is 15.4 Å². The molecular formula is C23H32N6O2. The smallest absolute Gasteiger partial charge is 0.237 e. The summed E-state index contributed by atoms with van der Waals surface area (Å²) in [7, 11) is 5.52. The van der Waals surface area contributed by atoms with Gasteiger partial charge in [-0.1, -0.05) is 12.1 Å². The minimum Gasteiger partial charge on any atom is -0.497 e. The van der Waals surface area contributed by atoms with Gasteiger partial charge in [0.2, 0.25) is 5.91 Å². The fraction of sp³-hybridized carbons (Fsp3) is 0.522. The number of carbonyl (C=O) groups excluding carboxylic acids is 1. The zero-order valence-corrected chi connectivity index (χ0v) is 18.6. The molecule has 0 radical (unpaired) electrons. The molecule has 0 bridgehead atoms. The summed E-state index contributed by atoms with van der Waals surface area (Å²) in [5.41, 5.74) is 3.26. The highest BCUT2D eigenvalue weighted by Crippen LogP contribution is 2.28. The van der Waals surface area contributed by atoms with E-state index < -0.39 is 0 Å². The van der Waals surface area contributed by atoms with E-state index in [2.05, 4.69) is 10.6 Å². The van der Waals surface area contributed by atoms with Gasteiger partial charge in [-0.3, -0.25) is 9.69 Å². The normalized spacial score (nSPS) is 18.2. The first-order chi connectivity index (χ1) is 15.1. The average molecular weight is 425 g/mol. The quantitative estimate of drug-likeness (QED) is 0.703. The molecule has 0 saturated carbocycles. The number of hydrogen-bond donors (Lipinski definition) is 2. The molecule has 0 aliphatic carbocycles. The maximum atomic E-state index is 13.0. The number of hydrogen-bond acceptors (Lipinski definition) is 7. The number of nitrogens with one attached hydrogen (secondary N) is 2. The Balaban J connectivity index is 1.39. The first-order valence-corrected chi connectivity index (χ1v) is 11.0. The van der Waals surface area contributed by atoms with Crippen molar-refractivity contribution in [3.63, 3.8) is 0 Å². The highest BCUT2D eigenvalue weighted by molar-refractivity contribution is 5.78. The Kier molecular flexibility index (Phi) is 6.67. The van der Waals surface area contributed by atoms with E-state index in [1.54, 1.807) is 7.11 Å². The molecule has 1 atom stereocenters. The van der Waals surface area contributed by atoms with Crippen molar-refractivity contribution >= 4 is 11.7 Å². The van der Waals surface area contributed by atoms with E-state index in [1.807, 2.05) is 48.2 Å². The zero-order valence-electron chi connectivity index (χ0n) is 18.6. The number of anilines is 1. The zero-order chi connectivity index (χ0) is 21.8. The highest BCUT2D eigenvalue weighted by Gasteiger charge is 2.28. The Hall–Kier alpha value is -2.71. The molecule has 1 fully saturated rings. The number of amides is 1. The number of nitrogens with zero attached hydrogens (tertiary/aromatic N) is 4. The summed E-state index contributed by atoms with van der Waals surface area (Å²) in [6, 6.07) is 8.19. The second-order valence-corrected chi connectivity index (χ2v) is 8.34. The van der Waals surface area contributed by atoms with Gasteiger partial charge < -0.3 is 20.3 Å². The number of fused-ring (bicyclic) bond motifs is 1. The van der Waals surface area contributed by atoms with Crippen molar-refractivity contribution in [2.24, 2.45) is 0 Å². The van der Waals surface area contributed by atoms with Crippen molar-refractivity contribution in [3.05, 3.63) is 46.9 Å². The van der Waals surface area contributed by atoms with E-state index in [0.29, 0.717) is 26.2 Å². The molecule has 8 nitrogen and oxygen atoms in total. The lowest BCUT2D eigenvalue weighted by molar-refractivity contribution is -0.133. The third-order valence-electron chi connectivity index (χ3n) is 6.06. The van der Waals surface area contributed by atoms with Gasteiger partial charge >= 0.3 is 0 Å². The number of rotatable bonds is 7. The number of ether oxygens (including phenoxy) is 1. The van der Waals surface area contributed by atoms with E-state index in [-0.39, 0.29) is 11.9 Å². The molecule has 4 rings (SSSR count). The lowest BCUT2D eigenvalue weighted by Crippen LogP contribution is -2.42. The van der Waals surface area contributed by atoms with Crippen LogP contribution in [0.15, 0.2) is 24.3 Å². The van der Waals surface area contributed by atoms with Crippen molar-refractivity contribution in [1.82, 2.24) is 25.1 Å². The van der Waals surface area contributed by atoms with Crippen molar-refractivity contribution in [2.75, 3.05) is 46.2 Å². The summed E-state index contributed by atoms with van der Waals surface area (Å²) in [5, 5.41) is 6.70. The largest absolute Gasteiger partial charge is 0.497 e. The van der Waals surface area contributed by atoms with Gasteiger partial charge in [-0.15, -0.1) is 0 Å². The number of likely N-dealkylation sites (N-methyl/N-ethyl adjacent to an activating group) is 1. The van der Waals surface area contributed by atoms with E-state index in [4.69, 9.17) is 14.7 Å². The van der Waals surface area contributed by atoms with Crippen LogP contribution in [0.25, 0.3) is 0 Å². The Morgan fingerprint density at radius 3 is 2.81 bits per heavy atom. The maximum absolute atomic E-state index is 13.0. The fourth-order valence-electron chi connectivity index (χ4n) is 4.34. The third kappa shape index (κ3) is 4.97. The third-order valence-corrected chi connectivity index (χ3v) is 6.06. The fourth-order valence-corrected chi connectivity index (χ4v) is 4.34. The van der Waals surface area contributed by atoms with Crippen LogP contribution in [0.3, 0.4) is 0 Å². The predicted octanol–water partition coefficient (Wildman–Crippen LogP) is 1.97. The standard InChI is InChI=1S/C23H32N6O2/c1-24-22-18-14-29(12-10-19(18)26-23(27-22)20-5-4-11-25-20)21(30)15-28(2)13-16-6-8-17(31-3)9-7-16/h6-9,20,25H,4-5,10-15H2,1-3H3,(H,24,26,27). The van der Waals surface area contributed by atoms with Crippen LogP contribution in [0.5, 0.6) is 5.75 Å². The van der Waals surface area contributed by atoms with Crippen LogP contribution in [-0.4, -0.2) is 66.5 Å². The second kappa shape index (κ2) is 9.62. The summed E-state index contributed by atoms with van der Waals surface area (Å²) in [5.74, 6) is 2.69. The molecule has 1 unspecified atom stereocenters. The van der Waals surface area contributed by atoms with Gasteiger partial charge in [0, 0.05) is 32.1 Å². The van der Waals surface area contributed by atoms with Gasteiger partial charge in [0.15, 0.2) is 0 Å². The molecule has 2 aromatic rings. The van der Waals surface area contributed by atoms with Gasteiger partial charge in [-0.2, -0.15) is 0 Å². The van der Waals surface area contributed by atoms with Crippen molar-refractivity contribution < 1.29 is 9.53 Å². The SMILES string of the molecule is CNc1nc(C2CCCN2)nc2c1CN(C(=O)CN(C)Cc1ccc(OC)cc1)CC2. The minimum absolute atomic E-state index is 0.130. The molecule has 1 amide bonds. The van der Waals surface area contributed by atoms with Crippen LogP contribution >= 0.6 is 0 Å². The molecule has 2 aliphatic rings. The molecule has 2 aliphatic heterocycles. The van der Waals surface area contributed by atoms with Crippen molar-refractivity contribution in [2.45, 2.75) is 38.4 Å². The monoisotopic (exact) mass is 424 g/mol. The molecular weight excluding hydrogens is 392 g/mol. The summed E-state index contributed by atoms with van der Waals surface area (Å²) >= 11 is 0. The first kappa shape index (κ1) is 21.5. The molecule has 1 aromatic carbocycles. The van der Waals surface area contributed by atoms with Gasteiger partial charge in [-0.05, 0) is 44.1 Å². The number of benzene rings is 1. The number of methoxy groups -OCH3 is 1. The molecule has 166 valence electrons. The molecule has 31 heavy (non-hydrogen) atoms. The Morgan fingerprint density at radius 2 is 2.13 bits per heavy atom. The molecule has 2 N–H and O–H groups in total. The summed E-state index contributed by atoms with van der Waals surface area (Å²) in [6.07, 6.45) is 3.00. The number of carbonyl (C=O) groups is 1. The van der Waals surface area contributed by atoms with Gasteiger partial charge in [0.05, 0.1) is 31.9 Å². The summed E-state index contributed by atoms with van der Waals surface area (Å²) in [6.45, 7) is 3.36. The van der Waals surface area contributed by atoms with E-state index >= 15 is 0 Å². The molecule has 1 aromatic heterocycles. The van der Waals surface area contributed by atoms with Crippen LogP contribution in [-0.2, 0) is 24.3 Å². The summed E-state index contributed by atoms with van der Waals surface area (Å²) in [4.78, 5) is 26.6. The Morgan fingerprint density at radius 1 is 1.32 bits per heavy atom. The van der Waals surface area contributed by atoms with E-state index in [9.17, 15) is 4.79 Å². The number of aromatic nitrogens is 2. The Labute approximate surface area is 184 Å². The molecule has 8 heteroatoms. The molecule has 1 saturated heterocycles. The van der Waals surface area contributed by atoms with E-state index in [1.165, 1.54) is 0 Å². The molecule has 0 spiro atoms. The topological polar surface area (TPSA) is 82.6 Å². The van der Waals surface area contributed by atoms with E-state index in [0.717, 1.165) is 60.0 Å². The van der Waals surface area contributed by atoms with Gasteiger partial charge in [0.1, 0.15) is 17.4 Å². The lowest BCUT2D eigenvalue weighted by Gasteiger charge is -2.31. The van der Waals surface area contributed by atoms with Crippen molar-refractivity contribution in [3.8, 4) is 5.75 Å². The summed E-state index contributed by atoms with van der Waals surface area (Å²) < 4.78 is 5.21. The van der Waals surface area contributed by atoms with Gasteiger partial charge in [0.25, 0.3) is 0 Å². The average Bonchev–Trinajstić information content (AvgIpc) is 3.33. The first-order valence-electron chi connectivity index (χ1n) is 11.0. The minimum atomic E-state index is 0.130. The van der Waals surface area contributed by atoms with Crippen LogP contribution in [0.4, 0.5) is 5.82 Å². The second-order valence-electron chi connectivity index (χ2n) is 8.34. The maximum Gasteiger partial charge on any atom is 0.237 e. The van der Waals surface area contributed by atoms with Crippen molar-refractivity contribution in [1.29, 1.82) is 0 Å². The van der Waals surface area contributed by atoms with Crippen LogP contribution in [0.1, 0.15) is 41.5 Å². The highest BCUT2D eigenvalue weighted by atomic mass is 16.5. The Bertz CT molecular complexity index is 894. The van der Waals surface area contributed by atoms with Gasteiger partial charge in [-0.25, -0.2) is 9.97 Å². The predicted molar refractivity (Wildman–Crippen MR) is 120 cm³/mol. The van der Waals surface area contributed by atoms with Crippen LogP contribution in [0, 0.1) is 0 Å².